The van der Waals surface area contributed by atoms with E-state index < -0.39 is 0 Å². The largest absolute Gasteiger partial charge is 0.363 e. The van der Waals surface area contributed by atoms with Crippen LogP contribution in [0.3, 0.4) is 0 Å². The predicted molar refractivity (Wildman–Crippen MR) is 39.9 cm³/mol. The van der Waals surface area contributed by atoms with Gasteiger partial charge in [0.25, 0.3) is 0 Å². The summed E-state index contributed by atoms with van der Waals surface area (Å²) < 4.78 is 0. The molecule has 1 aromatic rings. The maximum Gasteiger partial charge on any atom is 0.111 e. The molecule has 1 atom stereocenters. The zero-order chi connectivity index (χ0) is 7.40. The fourth-order valence-corrected chi connectivity index (χ4v) is 0.852. The Bertz CT molecular complexity index is 166. The molecule has 4 heteroatoms. The van der Waals surface area contributed by atoms with Crippen molar-refractivity contribution in [3.8, 4) is 0 Å². The first-order valence-corrected chi connectivity index (χ1v) is 3.15. The molecule has 0 aromatic carbocycles. The lowest BCUT2D eigenvalue weighted by atomic mass is 10.3. The quantitative estimate of drug-likeness (QED) is 0.265. The molecule has 56 valence electrons. The Labute approximate surface area is 59.8 Å². The highest BCUT2D eigenvalue weighted by atomic mass is 15.3. The molecule has 0 aliphatic rings. The number of aromatic nitrogens is 1. The highest BCUT2D eigenvalue weighted by molar-refractivity contribution is 5.07. The van der Waals surface area contributed by atoms with E-state index in [4.69, 9.17) is 5.84 Å². The van der Waals surface area contributed by atoms with Gasteiger partial charge < -0.3 is 4.98 Å². The van der Waals surface area contributed by atoms with Crippen LogP contribution in [0.5, 0.6) is 0 Å². The molecule has 1 unspecified atom stereocenters. The van der Waals surface area contributed by atoms with E-state index in [0.29, 0.717) is 0 Å². The molecule has 0 radical (unpaired) electrons. The molecule has 0 amide bonds. The third kappa shape index (κ3) is 1.36. The summed E-state index contributed by atoms with van der Waals surface area (Å²) in [4.78, 5) is 3.03. The summed E-state index contributed by atoms with van der Waals surface area (Å²) >= 11 is 0. The first-order valence-electron chi connectivity index (χ1n) is 3.15. The molecule has 0 aliphatic heterocycles. The second-order valence-corrected chi connectivity index (χ2v) is 2.01. The maximum absolute atomic E-state index is 5.24. The summed E-state index contributed by atoms with van der Waals surface area (Å²) in [5.41, 5.74) is 3.64. The monoisotopic (exact) mass is 140 g/mol. The Kier molecular flexibility index (Phi) is 2.44. The molecule has 1 rings (SSSR count). The summed E-state index contributed by atoms with van der Waals surface area (Å²) in [5, 5.41) is 2.99. The average molecular weight is 140 g/mol. The van der Waals surface area contributed by atoms with E-state index in [2.05, 4.69) is 15.7 Å². The lowest BCUT2D eigenvalue weighted by Gasteiger charge is -2.11. The molecule has 0 saturated heterocycles. The lowest BCUT2D eigenvalue weighted by Crippen LogP contribution is -2.36. The normalized spacial score (nSPS) is 13.4. The zero-order valence-corrected chi connectivity index (χ0v) is 5.89. The van der Waals surface area contributed by atoms with Crippen LogP contribution >= 0.6 is 0 Å². The molecule has 10 heavy (non-hydrogen) atoms. The Morgan fingerprint density at radius 2 is 2.50 bits per heavy atom. The van der Waals surface area contributed by atoms with Crippen LogP contribution in [-0.2, 0) is 0 Å². The molecular weight excluding hydrogens is 128 g/mol. The Balaban J connectivity index is 2.64. The second-order valence-electron chi connectivity index (χ2n) is 2.01. The van der Waals surface area contributed by atoms with Crippen molar-refractivity contribution in [3.05, 3.63) is 24.0 Å². The number of hydrogen-bond donors (Lipinski definition) is 4. The van der Waals surface area contributed by atoms with Crippen molar-refractivity contribution in [3.63, 3.8) is 0 Å². The zero-order valence-electron chi connectivity index (χ0n) is 5.89. The van der Waals surface area contributed by atoms with Crippen LogP contribution in [0.2, 0.25) is 0 Å². The summed E-state index contributed by atoms with van der Waals surface area (Å²) in [6.45, 7) is 0. The highest BCUT2D eigenvalue weighted by Gasteiger charge is 2.04. The van der Waals surface area contributed by atoms with E-state index in [-0.39, 0.29) is 6.17 Å². The van der Waals surface area contributed by atoms with E-state index in [1.807, 2.05) is 25.4 Å². The van der Waals surface area contributed by atoms with Gasteiger partial charge >= 0.3 is 0 Å². The first kappa shape index (κ1) is 7.27. The van der Waals surface area contributed by atoms with E-state index in [1.54, 1.807) is 0 Å². The molecule has 0 spiro atoms. The van der Waals surface area contributed by atoms with Gasteiger partial charge in [-0.1, -0.05) is 0 Å². The van der Waals surface area contributed by atoms with Crippen molar-refractivity contribution >= 4 is 0 Å². The van der Waals surface area contributed by atoms with Gasteiger partial charge in [0.15, 0.2) is 0 Å². The minimum atomic E-state index is 0.00926. The van der Waals surface area contributed by atoms with Gasteiger partial charge in [0, 0.05) is 11.9 Å². The Morgan fingerprint density at radius 3 is 2.90 bits per heavy atom. The van der Waals surface area contributed by atoms with Gasteiger partial charge in [0.1, 0.15) is 6.17 Å². The van der Waals surface area contributed by atoms with E-state index >= 15 is 0 Å². The van der Waals surface area contributed by atoms with Gasteiger partial charge in [0.05, 0.1) is 0 Å². The van der Waals surface area contributed by atoms with Crippen LogP contribution in [0.1, 0.15) is 11.9 Å². The second kappa shape index (κ2) is 3.36. The van der Waals surface area contributed by atoms with Gasteiger partial charge in [-0.05, 0) is 19.2 Å². The van der Waals surface area contributed by atoms with Crippen molar-refractivity contribution in [1.82, 2.24) is 15.7 Å². The number of rotatable bonds is 3. The fraction of sp³-hybridized carbons (Fsp3) is 0.333. The predicted octanol–water partition coefficient (Wildman–Crippen LogP) is -0.304. The van der Waals surface area contributed by atoms with E-state index in [0.717, 1.165) is 5.69 Å². The standard InChI is InChI=1S/C6H12N4/c1-8-6(10-7)5-3-2-4-9-5/h2-4,6,8-10H,7H2,1H3. The summed E-state index contributed by atoms with van der Waals surface area (Å²) in [7, 11) is 1.84. The number of hydrazine groups is 1. The van der Waals surface area contributed by atoms with E-state index in [9.17, 15) is 0 Å². The van der Waals surface area contributed by atoms with Crippen LogP contribution < -0.4 is 16.6 Å². The minimum Gasteiger partial charge on any atom is -0.363 e. The van der Waals surface area contributed by atoms with Crippen molar-refractivity contribution in [2.75, 3.05) is 7.05 Å². The molecule has 5 N–H and O–H groups in total. The number of hydrogen-bond acceptors (Lipinski definition) is 3. The Hall–Kier alpha value is -0.840. The number of aromatic amines is 1. The minimum absolute atomic E-state index is 0.00926. The number of nitrogens with one attached hydrogen (secondary N) is 3. The molecule has 4 nitrogen and oxygen atoms in total. The Morgan fingerprint density at radius 1 is 1.70 bits per heavy atom. The molecule has 1 heterocycles. The van der Waals surface area contributed by atoms with Crippen molar-refractivity contribution in [2.24, 2.45) is 5.84 Å². The van der Waals surface area contributed by atoms with Gasteiger partial charge in [-0.2, -0.15) is 0 Å². The average Bonchev–Trinajstić information content (AvgIpc) is 2.43. The smallest absolute Gasteiger partial charge is 0.111 e. The van der Waals surface area contributed by atoms with Gasteiger partial charge in [-0.25, -0.2) is 5.43 Å². The molecule has 0 saturated carbocycles. The third-order valence-electron chi connectivity index (χ3n) is 1.39. The topological polar surface area (TPSA) is 65.9 Å². The first-order chi connectivity index (χ1) is 4.88. The van der Waals surface area contributed by atoms with Crippen molar-refractivity contribution < 1.29 is 0 Å². The molecule has 0 bridgehead atoms. The van der Waals surface area contributed by atoms with Crippen LogP contribution in [-0.4, -0.2) is 12.0 Å². The van der Waals surface area contributed by atoms with Crippen molar-refractivity contribution in [1.29, 1.82) is 0 Å². The molecule has 0 aliphatic carbocycles. The molecule has 0 fully saturated rings. The van der Waals surface area contributed by atoms with Crippen LogP contribution in [0.25, 0.3) is 0 Å². The maximum atomic E-state index is 5.24. The number of H-pyrrole nitrogens is 1. The summed E-state index contributed by atoms with van der Waals surface area (Å²) in [6.07, 6.45) is 1.87. The summed E-state index contributed by atoms with van der Waals surface area (Å²) in [6, 6.07) is 3.89. The highest BCUT2D eigenvalue weighted by Crippen LogP contribution is 2.03. The molecule has 1 aromatic heterocycles. The molecular formula is C6H12N4. The van der Waals surface area contributed by atoms with Crippen LogP contribution in [0.15, 0.2) is 18.3 Å². The SMILES string of the molecule is CNC(NN)c1ccc[nH]1. The van der Waals surface area contributed by atoms with Crippen LogP contribution in [0, 0.1) is 0 Å². The van der Waals surface area contributed by atoms with Gasteiger partial charge in [0.2, 0.25) is 0 Å². The third-order valence-corrected chi connectivity index (χ3v) is 1.39. The van der Waals surface area contributed by atoms with Crippen LogP contribution in [0.4, 0.5) is 0 Å². The lowest BCUT2D eigenvalue weighted by molar-refractivity contribution is 0.479. The van der Waals surface area contributed by atoms with Crippen molar-refractivity contribution in [2.45, 2.75) is 6.17 Å². The van der Waals surface area contributed by atoms with Gasteiger partial charge in [-0.15, -0.1) is 0 Å². The van der Waals surface area contributed by atoms with Gasteiger partial charge in [-0.3, -0.25) is 11.2 Å². The summed E-state index contributed by atoms with van der Waals surface area (Å²) in [5.74, 6) is 5.24. The van der Waals surface area contributed by atoms with E-state index in [1.165, 1.54) is 0 Å². The fourth-order valence-electron chi connectivity index (χ4n) is 0.852. The number of nitrogens with two attached hydrogens (primary N) is 1.